The highest BCUT2D eigenvalue weighted by Crippen LogP contribution is 1.93. The second-order valence-electron chi connectivity index (χ2n) is 1.95. The molecule has 7 heteroatoms. The van der Waals surface area contributed by atoms with E-state index in [9.17, 15) is 9.59 Å². The van der Waals surface area contributed by atoms with E-state index in [4.69, 9.17) is 5.11 Å². The molecule has 7 nitrogen and oxygen atoms in total. The normalized spacial score (nSPS) is 9.75. The van der Waals surface area contributed by atoms with Gasteiger partial charge in [-0.2, -0.15) is 0 Å². The van der Waals surface area contributed by atoms with Crippen LogP contribution in [0.4, 0.5) is 0 Å². The average molecular weight is 170 g/mol. The molecule has 0 saturated carbocycles. The largest absolute Gasteiger partial charge is 0.475 e. The third-order valence-corrected chi connectivity index (χ3v) is 1.23. The van der Waals surface area contributed by atoms with Crippen LogP contribution >= 0.6 is 0 Å². The molecule has 0 aliphatic carbocycles. The van der Waals surface area contributed by atoms with Crippen LogP contribution in [0, 0.1) is 0 Å². The van der Waals surface area contributed by atoms with Gasteiger partial charge in [-0.1, -0.05) is 0 Å². The summed E-state index contributed by atoms with van der Waals surface area (Å²) in [6.45, 7) is 2.07. The van der Waals surface area contributed by atoms with Crippen LogP contribution in [-0.2, 0) is 11.3 Å². The van der Waals surface area contributed by atoms with Gasteiger partial charge in [0.2, 0.25) is 5.82 Å². The summed E-state index contributed by atoms with van der Waals surface area (Å²) in [7, 11) is 0. The number of aryl methyl sites for hydroxylation is 1. The van der Waals surface area contributed by atoms with E-state index in [0.717, 1.165) is 4.68 Å². The molecular weight excluding hydrogens is 164 g/mol. The second-order valence-corrected chi connectivity index (χ2v) is 1.95. The summed E-state index contributed by atoms with van der Waals surface area (Å²) in [5.41, 5.74) is 0. The lowest BCUT2D eigenvalue weighted by Gasteiger charge is -1.94. The van der Waals surface area contributed by atoms with Crippen molar-refractivity contribution in [1.82, 2.24) is 20.2 Å². The molecule has 0 unspecified atom stereocenters. The summed E-state index contributed by atoms with van der Waals surface area (Å²) in [5, 5.41) is 18.2. The molecule has 0 aliphatic rings. The predicted molar refractivity (Wildman–Crippen MR) is 35.5 cm³/mol. The maximum Gasteiger partial charge on any atom is 0.380 e. The standard InChI is InChI=1S/C5H6N4O3/c1-2-9-4(6-7-8-9)3(10)5(11)12/h2H2,1H3,(H,11,12). The van der Waals surface area contributed by atoms with E-state index in [2.05, 4.69) is 15.5 Å². The van der Waals surface area contributed by atoms with Crippen molar-refractivity contribution in [2.24, 2.45) is 0 Å². The van der Waals surface area contributed by atoms with Gasteiger partial charge in [0, 0.05) is 6.54 Å². The van der Waals surface area contributed by atoms with Crippen LogP contribution in [0.15, 0.2) is 0 Å². The molecule has 0 aromatic carbocycles. The maximum atomic E-state index is 10.8. The van der Waals surface area contributed by atoms with Gasteiger partial charge in [-0.05, 0) is 17.4 Å². The number of tetrazole rings is 1. The Morgan fingerprint density at radius 1 is 1.58 bits per heavy atom. The van der Waals surface area contributed by atoms with Crippen LogP contribution in [0.3, 0.4) is 0 Å². The number of nitrogens with zero attached hydrogens (tertiary/aromatic N) is 4. The van der Waals surface area contributed by atoms with Crippen LogP contribution in [0.1, 0.15) is 17.5 Å². The fourth-order valence-electron chi connectivity index (χ4n) is 0.676. The quantitative estimate of drug-likeness (QED) is 0.459. The number of aromatic nitrogens is 4. The molecule has 0 fully saturated rings. The molecule has 0 spiro atoms. The molecule has 0 radical (unpaired) electrons. The highest BCUT2D eigenvalue weighted by atomic mass is 16.4. The first-order valence-corrected chi connectivity index (χ1v) is 3.20. The van der Waals surface area contributed by atoms with Gasteiger partial charge in [0.05, 0.1) is 0 Å². The Hall–Kier alpha value is -1.79. The van der Waals surface area contributed by atoms with Gasteiger partial charge < -0.3 is 5.11 Å². The minimum absolute atomic E-state index is 0.245. The molecule has 1 aromatic rings. The van der Waals surface area contributed by atoms with E-state index in [-0.39, 0.29) is 5.82 Å². The zero-order valence-electron chi connectivity index (χ0n) is 6.26. The van der Waals surface area contributed by atoms with Crippen molar-refractivity contribution in [3.63, 3.8) is 0 Å². The zero-order valence-corrected chi connectivity index (χ0v) is 6.26. The Kier molecular flexibility index (Phi) is 2.13. The van der Waals surface area contributed by atoms with Gasteiger partial charge in [0.25, 0.3) is 0 Å². The Morgan fingerprint density at radius 3 is 2.75 bits per heavy atom. The number of carbonyl (C=O) groups is 2. The second kappa shape index (κ2) is 3.07. The van der Waals surface area contributed by atoms with Crippen LogP contribution in [0.2, 0.25) is 0 Å². The van der Waals surface area contributed by atoms with E-state index in [1.165, 1.54) is 0 Å². The molecule has 0 atom stereocenters. The van der Waals surface area contributed by atoms with Crippen LogP contribution in [0.5, 0.6) is 0 Å². The van der Waals surface area contributed by atoms with Crippen molar-refractivity contribution in [2.45, 2.75) is 13.5 Å². The molecule has 0 amide bonds. The van der Waals surface area contributed by atoms with Crippen LogP contribution in [-0.4, -0.2) is 37.1 Å². The van der Waals surface area contributed by atoms with E-state index < -0.39 is 11.8 Å². The van der Waals surface area contributed by atoms with E-state index in [1.807, 2.05) is 0 Å². The number of hydrogen-bond donors (Lipinski definition) is 1. The smallest absolute Gasteiger partial charge is 0.380 e. The minimum atomic E-state index is -1.56. The van der Waals surface area contributed by atoms with Crippen molar-refractivity contribution in [3.8, 4) is 0 Å². The number of carboxylic acid groups (broad SMARTS) is 1. The topological polar surface area (TPSA) is 98.0 Å². The summed E-state index contributed by atoms with van der Waals surface area (Å²) in [5.74, 6) is -2.90. The maximum absolute atomic E-state index is 10.8. The van der Waals surface area contributed by atoms with Crippen molar-refractivity contribution in [3.05, 3.63) is 5.82 Å². The highest BCUT2D eigenvalue weighted by Gasteiger charge is 2.21. The number of carboxylic acids is 1. The molecule has 64 valence electrons. The monoisotopic (exact) mass is 170 g/mol. The number of Topliss-reactive ketones (excluding diaryl/α,β-unsaturated/α-hetero) is 1. The summed E-state index contributed by atoms with van der Waals surface area (Å²) in [4.78, 5) is 21.0. The summed E-state index contributed by atoms with van der Waals surface area (Å²) in [6.07, 6.45) is 0. The van der Waals surface area contributed by atoms with Gasteiger partial charge in [0.15, 0.2) is 0 Å². The summed E-state index contributed by atoms with van der Waals surface area (Å²) >= 11 is 0. The summed E-state index contributed by atoms with van der Waals surface area (Å²) in [6, 6.07) is 0. The first kappa shape index (κ1) is 8.31. The third-order valence-electron chi connectivity index (χ3n) is 1.23. The average Bonchev–Trinajstić information content (AvgIpc) is 2.49. The molecule has 1 rings (SSSR count). The lowest BCUT2D eigenvalue weighted by atomic mass is 10.4. The fraction of sp³-hybridized carbons (Fsp3) is 0.400. The Bertz CT molecular complexity index is 318. The SMILES string of the molecule is CCn1nnnc1C(=O)C(=O)O. The molecule has 1 heterocycles. The molecule has 1 N–H and O–H groups in total. The van der Waals surface area contributed by atoms with Gasteiger partial charge >= 0.3 is 11.8 Å². The summed E-state index contributed by atoms with van der Waals surface area (Å²) < 4.78 is 1.12. The molecule has 12 heavy (non-hydrogen) atoms. The lowest BCUT2D eigenvalue weighted by molar-refractivity contribution is -0.131. The number of carbonyl (C=O) groups excluding carboxylic acids is 1. The third kappa shape index (κ3) is 1.29. The van der Waals surface area contributed by atoms with Gasteiger partial charge in [-0.3, -0.25) is 4.79 Å². The number of hydrogen-bond acceptors (Lipinski definition) is 5. The van der Waals surface area contributed by atoms with E-state index in [1.54, 1.807) is 6.92 Å². The molecule has 0 bridgehead atoms. The van der Waals surface area contributed by atoms with Gasteiger partial charge in [-0.25, -0.2) is 9.48 Å². The molecule has 0 aliphatic heterocycles. The van der Waals surface area contributed by atoms with Crippen LogP contribution < -0.4 is 0 Å². The fourth-order valence-corrected chi connectivity index (χ4v) is 0.676. The first-order valence-electron chi connectivity index (χ1n) is 3.20. The first-order chi connectivity index (χ1) is 5.66. The minimum Gasteiger partial charge on any atom is -0.475 e. The Labute approximate surface area is 67.0 Å². The van der Waals surface area contributed by atoms with Crippen LogP contribution in [0.25, 0.3) is 0 Å². The number of aliphatic carboxylic acids is 1. The van der Waals surface area contributed by atoms with E-state index >= 15 is 0 Å². The van der Waals surface area contributed by atoms with Gasteiger partial charge in [-0.15, -0.1) is 5.10 Å². The van der Waals surface area contributed by atoms with Crippen molar-refractivity contribution >= 4 is 11.8 Å². The van der Waals surface area contributed by atoms with E-state index in [0.29, 0.717) is 6.54 Å². The zero-order chi connectivity index (χ0) is 9.14. The lowest BCUT2D eigenvalue weighted by Crippen LogP contribution is -2.18. The van der Waals surface area contributed by atoms with Crippen molar-refractivity contribution in [2.75, 3.05) is 0 Å². The Balaban J connectivity index is 3.02. The van der Waals surface area contributed by atoms with Gasteiger partial charge in [0.1, 0.15) is 0 Å². The molecule has 1 aromatic heterocycles. The highest BCUT2D eigenvalue weighted by molar-refractivity contribution is 6.38. The van der Waals surface area contributed by atoms with Crippen molar-refractivity contribution in [1.29, 1.82) is 0 Å². The predicted octanol–water partition coefficient (Wildman–Crippen LogP) is -1.04. The number of rotatable bonds is 3. The molecular formula is C5H6N4O3. The Morgan fingerprint density at radius 2 is 2.25 bits per heavy atom. The number of ketones is 1. The van der Waals surface area contributed by atoms with Crippen molar-refractivity contribution < 1.29 is 14.7 Å². The molecule has 0 saturated heterocycles.